The van der Waals surface area contributed by atoms with Gasteiger partial charge in [-0.3, -0.25) is 0 Å². The number of nitrogens with two attached hydrogens (primary N) is 1. The van der Waals surface area contributed by atoms with Gasteiger partial charge in [0, 0.05) is 24.8 Å². The molecule has 1 aromatic rings. The van der Waals surface area contributed by atoms with Crippen LogP contribution in [0.3, 0.4) is 0 Å². The number of piperidine rings is 1. The molecule has 1 heterocycles. The fourth-order valence-corrected chi connectivity index (χ4v) is 5.13. The summed E-state index contributed by atoms with van der Waals surface area (Å²) in [5, 5.41) is 17.8. The Labute approximate surface area is 199 Å². The second-order valence-corrected chi connectivity index (χ2v) is 9.66. The summed E-state index contributed by atoms with van der Waals surface area (Å²) in [5.74, 6) is 2.11. The van der Waals surface area contributed by atoms with Gasteiger partial charge in [0.1, 0.15) is 0 Å². The number of hydrogen-bond donors (Lipinski definition) is 3. The lowest BCUT2D eigenvalue weighted by Crippen LogP contribution is -2.39. The van der Waals surface area contributed by atoms with Gasteiger partial charge >= 0.3 is 19.4 Å². The average molecular weight is 484 g/mol. The smallest absolute Gasteiger partial charge is 0.427 e. The van der Waals surface area contributed by atoms with E-state index in [-0.39, 0.29) is 12.2 Å². The molecule has 4 N–H and O–H groups in total. The highest BCUT2D eigenvalue weighted by atomic mass is 19.4. The van der Waals surface area contributed by atoms with Crippen LogP contribution in [0.25, 0.3) is 0 Å². The molecule has 0 spiro atoms. The second kappa shape index (κ2) is 13.9. The van der Waals surface area contributed by atoms with Crippen molar-refractivity contribution in [3.63, 3.8) is 0 Å². The van der Waals surface area contributed by atoms with Gasteiger partial charge < -0.3 is 20.7 Å². The van der Waals surface area contributed by atoms with Gasteiger partial charge in [-0.1, -0.05) is 25.7 Å². The molecule has 2 fully saturated rings. The van der Waals surface area contributed by atoms with Gasteiger partial charge in [-0.25, -0.2) is 0 Å². The van der Waals surface area contributed by atoms with Crippen LogP contribution in [-0.4, -0.2) is 42.4 Å². The Hall–Kier alpha value is -1.87. The Morgan fingerprint density at radius 1 is 1.03 bits per heavy atom. The molecule has 10 heteroatoms. The minimum Gasteiger partial charge on any atom is -0.427 e. The Morgan fingerprint density at radius 2 is 1.59 bits per heavy atom. The van der Waals surface area contributed by atoms with Crippen LogP contribution in [0.15, 0.2) is 24.3 Å². The zero-order valence-corrected chi connectivity index (χ0v) is 19.6. The second-order valence-electron chi connectivity index (χ2n) is 9.66. The molecule has 1 aliphatic heterocycles. The lowest BCUT2D eigenvalue weighted by Gasteiger charge is -2.40. The van der Waals surface area contributed by atoms with E-state index in [2.05, 4.69) is 4.90 Å². The molecule has 0 amide bonds. The highest BCUT2D eigenvalue weighted by Gasteiger charge is 2.34. The third-order valence-corrected chi connectivity index (χ3v) is 7.28. The number of halogens is 3. The minimum absolute atomic E-state index is 0.235. The molecule has 0 radical (unpaired) electrons. The van der Waals surface area contributed by atoms with Crippen molar-refractivity contribution < 1.29 is 32.8 Å². The molecule has 1 aromatic carbocycles. The van der Waals surface area contributed by atoms with Crippen molar-refractivity contribution in [2.75, 3.05) is 18.0 Å². The highest BCUT2D eigenvalue weighted by molar-refractivity contribution is 6.40. The zero-order chi connectivity index (χ0) is 25.1. The molecule has 190 valence electrons. The van der Waals surface area contributed by atoms with Crippen LogP contribution >= 0.6 is 0 Å². The molecule has 1 atom stereocenters. The lowest BCUT2D eigenvalue weighted by molar-refractivity contribution is -0.191. The number of carbonyl (C=O) groups excluding carboxylic acids is 2. The first-order valence-corrected chi connectivity index (χ1v) is 12.2. The van der Waals surface area contributed by atoms with Crippen molar-refractivity contribution in [2.24, 2.45) is 23.5 Å². The summed E-state index contributed by atoms with van der Waals surface area (Å²) in [6, 6.07) is 5.77. The van der Waals surface area contributed by atoms with E-state index in [0.717, 1.165) is 56.8 Å². The van der Waals surface area contributed by atoms with Crippen LogP contribution < -0.4 is 10.6 Å². The summed E-state index contributed by atoms with van der Waals surface area (Å²) < 4.78 is 38.2. The largest absolute Gasteiger partial charge is 0.451 e. The summed E-state index contributed by atoms with van der Waals surface area (Å²) >= 11 is 0. The first-order valence-electron chi connectivity index (χ1n) is 12.2. The molecule has 1 saturated heterocycles. The number of alkyl halides is 3. The summed E-state index contributed by atoms with van der Waals surface area (Å²) in [7, 11) is -1.20. The number of rotatable bonds is 10. The Morgan fingerprint density at radius 3 is 2.12 bits per heavy atom. The van der Waals surface area contributed by atoms with Crippen molar-refractivity contribution >= 4 is 19.0 Å². The topological polar surface area (TPSA) is 104 Å². The Balaban J connectivity index is 0.00000129. The molecule has 1 saturated carbocycles. The highest BCUT2D eigenvalue weighted by Crippen LogP contribution is 2.41. The van der Waals surface area contributed by atoms with Gasteiger partial charge in [-0.2, -0.15) is 22.8 Å². The SMILES string of the molecule is NC(CCCCB(O)O)C1CC(CCC2CCN(c3ccc(C(F)(F)F)cc3)CC2)C1.O=C=O. The number of anilines is 1. The normalized spacial score (nSPS) is 21.6. The summed E-state index contributed by atoms with van der Waals surface area (Å²) in [6.07, 6.45) is 6.27. The van der Waals surface area contributed by atoms with Gasteiger partial charge in [0.25, 0.3) is 0 Å². The third kappa shape index (κ3) is 9.41. The van der Waals surface area contributed by atoms with Crippen LogP contribution in [0.2, 0.25) is 6.32 Å². The first kappa shape index (κ1) is 28.4. The fourth-order valence-electron chi connectivity index (χ4n) is 5.13. The first-order chi connectivity index (χ1) is 16.1. The fraction of sp³-hybridized carbons (Fsp3) is 0.708. The van der Waals surface area contributed by atoms with Crippen molar-refractivity contribution in [1.82, 2.24) is 0 Å². The molecule has 0 aromatic heterocycles. The standard InChI is InChI=1S/C23H36BF3N2O2.CO2/c25-23(26,27)20-6-8-21(9-7-20)29-13-10-17(11-14-29)4-5-18-15-19(16-18)22(28)3-1-2-12-24(30)31;2-1-3/h6-9,17-19,22,30-31H,1-5,10-16,28H2;. The van der Waals surface area contributed by atoms with Gasteiger partial charge in [-0.05, 0) is 80.4 Å². The predicted molar refractivity (Wildman–Crippen MR) is 124 cm³/mol. The summed E-state index contributed by atoms with van der Waals surface area (Å²) in [4.78, 5) is 18.4. The molecular weight excluding hydrogens is 448 g/mol. The monoisotopic (exact) mass is 484 g/mol. The quantitative estimate of drug-likeness (QED) is 0.341. The van der Waals surface area contributed by atoms with Crippen LogP contribution in [0.5, 0.6) is 0 Å². The molecule has 0 bridgehead atoms. The molecule has 2 aliphatic rings. The van der Waals surface area contributed by atoms with Gasteiger partial charge in [0.15, 0.2) is 0 Å². The molecule has 3 rings (SSSR count). The maximum atomic E-state index is 12.7. The van der Waals surface area contributed by atoms with Crippen LogP contribution in [0.4, 0.5) is 18.9 Å². The molecule has 6 nitrogen and oxygen atoms in total. The van der Waals surface area contributed by atoms with Crippen molar-refractivity contribution in [1.29, 1.82) is 0 Å². The van der Waals surface area contributed by atoms with Crippen LogP contribution in [-0.2, 0) is 15.8 Å². The number of benzene rings is 1. The van der Waals surface area contributed by atoms with E-state index >= 15 is 0 Å². The van der Waals surface area contributed by atoms with Gasteiger partial charge in [0.2, 0.25) is 0 Å². The molecule has 34 heavy (non-hydrogen) atoms. The predicted octanol–water partition coefficient (Wildman–Crippen LogP) is 4.12. The van der Waals surface area contributed by atoms with E-state index in [1.165, 1.54) is 37.8 Å². The van der Waals surface area contributed by atoms with E-state index in [4.69, 9.17) is 25.4 Å². The average Bonchev–Trinajstić information content (AvgIpc) is 2.76. The molecule has 1 unspecified atom stereocenters. The Bertz CT molecular complexity index is 744. The number of unbranched alkanes of at least 4 members (excludes halogenated alkanes) is 1. The molecule has 1 aliphatic carbocycles. The maximum absolute atomic E-state index is 12.7. The van der Waals surface area contributed by atoms with E-state index in [0.29, 0.717) is 18.2 Å². The summed E-state index contributed by atoms with van der Waals surface area (Å²) in [5.41, 5.74) is 6.60. The van der Waals surface area contributed by atoms with E-state index in [1.807, 2.05) is 0 Å². The van der Waals surface area contributed by atoms with Crippen molar-refractivity contribution in [2.45, 2.75) is 76.3 Å². The zero-order valence-electron chi connectivity index (χ0n) is 19.6. The minimum atomic E-state index is -4.28. The van der Waals surface area contributed by atoms with Gasteiger partial charge in [-0.15, -0.1) is 0 Å². The number of nitrogens with zero attached hydrogens (tertiary/aromatic N) is 1. The number of hydrogen-bond acceptors (Lipinski definition) is 6. The van der Waals surface area contributed by atoms with E-state index in [9.17, 15) is 13.2 Å². The van der Waals surface area contributed by atoms with Crippen molar-refractivity contribution in [3.8, 4) is 0 Å². The van der Waals surface area contributed by atoms with Gasteiger partial charge in [0.05, 0.1) is 5.56 Å². The summed E-state index contributed by atoms with van der Waals surface area (Å²) in [6.45, 7) is 1.83. The third-order valence-electron chi connectivity index (χ3n) is 7.28. The van der Waals surface area contributed by atoms with Crippen molar-refractivity contribution in [3.05, 3.63) is 29.8 Å². The Kier molecular flexibility index (Phi) is 11.6. The maximum Gasteiger partial charge on any atom is 0.451 e. The lowest BCUT2D eigenvalue weighted by atomic mass is 9.68. The van der Waals surface area contributed by atoms with E-state index in [1.54, 1.807) is 12.1 Å². The van der Waals surface area contributed by atoms with E-state index < -0.39 is 18.9 Å². The van der Waals surface area contributed by atoms with Crippen LogP contribution in [0.1, 0.15) is 63.4 Å². The molecular formula is C24H36BF3N2O4. The van der Waals surface area contributed by atoms with Crippen LogP contribution in [0, 0.1) is 17.8 Å².